The summed E-state index contributed by atoms with van der Waals surface area (Å²) in [4.78, 5) is 0. The van der Waals surface area contributed by atoms with Crippen LogP contribution in [0.5, 0.6) is 0 Å². The van der Waals surface area contributed by atoms with Gasteiger partial charge in [0.05, 0.1) is 0 Å². The topological polar surface area (TPSA) is 12.0 Å². The molecule has 3 rings (SSSR count). The summed E-state index contributed by atoms with van der Waals surface area (Å²) < 4.78 is 0. The molecule has 1 atom stereocenters. The lowest BCUT2D eigenvalue weighted by atomic mass is 9.83. The Morgan fingerprint density at radius 1 is 0.722 bits per heavy atom. The smallest absolute Gasteiger partial charge is 0.0320 e. The van der Waals surface area contributed by atoms with Gasteiger partial charge in [-0.2, -0.15) is 0 Å². The van der Waals surface area contributed by atoms with Crippen molar-refractivity contribution >= 4 is 0 Å². The molecule has 1 aliphatic carbocycles. The van der Waals surface area contributed by atoms with Gasteiger partial charge in [0.2, 0.25) is 0 Å². The molecule has 1 aromatic rings. The van der Waals surface area contributed by atoms with Crippen molar-refractivity contribution in [3.05, 3.63) is 35.4 Å². The lowest BCUT2D eigenvalue weighted by molar-refractivity contribution is 0.411. The summed E-state index contributed by atoms with van der Waals surface area (Å²) in [6.07, 6.45) is 11.1. The van der Waals surface area contributed by atoms with E-state index < -0.39 is 0 Å². The second-order valence-electron chi connectivity index (χ2n) is 6.00. The standard InChI is InChI=1S/C17H25N/c1-2-6-14(7-3-1)15-9-11-16(12-10-15)17-8-4-5-13-18-17/h9-12,14,17-18H,1-8,13H2. The summed E-state index contributed by atoms with van der Waals surface area (Å²) in [5.41, 5.74) is 3.07. The molecular weight excluding hydrogens is 218 g/mol. The highest BCUT2D eigenvalue weighted by Gasteiger charge is 2.17. The fourth-order valence-corrected chi connectivity index (χ4v) is 3.57. The molecule has 2 fully saturated rings. The fraction of sp³-hybridized carbons (Fsp3) is 0.647. The van der Waals surface area contributed by atoms with Gasteiger partial charge in [0.25, 0.3) is 0 Å². The molecule has 1 saturated carbocycles. The van der Waals surface area contributed by atoms with Gasteiger partial charge in [-0.05, 0) is 49.3 Å². The van der Waals surface area contributed by atoms with Crippen molar-refractivity contribution in [2.75, 3.05) is 6.54 Å². The van der Waals surface area contributed by atoms with Crippen molar-refractivity contribution < 1.29 is 0 Å². The molecule has 1 aromatic carbocycles. The molecule has 1 nitrogen and oxygen atoms in total. The summed E-state index contributed by atoms with van der Waals surface area (Å²) in [5, 5.41) is 3.63. The summed E-state index contributed by atoms with van der Waals surface area (Å²) in [6.45, 7) is 1.19. The molecule has 1 N–H and O–H groups in total. The van der Waals surface area contributed by atoms with E-state index in [4.69, 9.17) is 0 Å². The molecule has 0 amide bonds. The van der Waals surface area contributed by atoms with Crippen LogP contribution in [0.3, 0.4) is 0 Å². The SMILES string of the molecule is c1cc(C2CCCCN2)ccc1C1CCCCC1. The molecule has 1 heteroatoms. The van der Waals surface area contributed by atoms with Gasteiger partial charge in [0.15, 0.2) is 0 Å². The van der Waals surface area contributed by atoms with E-state index in [1.807, 2.05) is 0 Å². The van der Waals surface area contributed by atoms with Crippen LogP contribution in [0.4, 0.5) is 0 Å². The van der Waals surface area contributed by atoms with Crippen LogP contribution in [-0.2, 0) is 0 Å². The zero-order valence-corrected chi connectivity index (χ0v) is 11.3. The van der Waals surface area contributed by atoms with Crippen molar-refractivity contribution in [3.63, 3.8) is 0 Å². The largest absolute Gasteiger partial charge is 0.310 e. The fourth-order valence-electron chi connectivity index (χ4n) is 3.57. The third kappa shape index (κ3) is 2.77. The second kappa shape index (κ2) is 5.88. The van der Waals surface area contributed by atoms with Crippen LogP contribution >= 0.6 is 0 Å². The van der Waals surface area contributed by atoms with E-state index in [9.17, 15) is 0 Å². The van der Waals surface area contributed by atoms with Crippen molar-refractivity contribution in [2.45, 2.75) is 63.3 Å². The van der Waals surface area contributed by atoms with Gasteiger partial charge in [-0.3, -0.25) is 0 Å². The Morgan fingerprint density at radius 2 is 1.39 bits per heavy atom. The molecule has 0 aromatic heterocycles. The summed E-state index contributed by atoms with van der Waals surface area (Å²) in [6, 6.07) is 10.1. The minimum Gasteiger partial charge on any atom is -0.310 e. The lowest BCUT2D eigenvalue weighted by Crippen LogP contribution is -2.26. The monoisotopic (exact) mass is 243 g/mol. The van der Waals surface area contributed by atoms with Crippen LogP contribution in [0, 0.1) is 0 Å². The van der Waals surface area contributed by atoms with E-state index in [1.165, 1.54) is 63.5 Å². The Kier molecular flexibility index (Phi) is 3.99. The highest BCUT2D eigenvalue weighted by Crippen LogP contribution is 2.33. The highest BCUT2D eigenvalue weighted by molar-refractivity contribution is 5.28. The maximum absolute atomic E-state index is 3.63. The Hall–Kier alpha value is -0.820. The zero-order valence-electron chi connectivity index (χ0n) is 11.3. The van der Waals surface area contributed by atoms with Crippen LogP contribution in [0.25, 0.3) is 0 Å². The second-order valence-corrected chi connectivity index (χ2v) is 6.00. The molecule has 0 radical (unpaired) electrons. The molecular formula is C17H25N. The molecule has 2 aliphatic rings. The van der Waals surface area contributed by atoms with Gasteiger partial charge >= 0.3 is 0 Å². The number of rotatable bonds is 2. The van der Waals surface area contributed by atoms with Gasteiger partial charge in [-0.1, -0.05) is 49.9 Å². The van der Waals surface area contributed by atoms with Gasteiger partial charge < -0.3 is 5.32 Å². The predicted molar refractivity (Wildman–Crippen MR) is 76.9 cm³/mol. The number of hydrogen-bond acceptors (Lipinski definition) is 1. The quantitative estimate of drug-likeness (QED) is 0.803. The summed E-state index contributed by atoms with van der Waals surface area (Å²) in [5.74, 6) is 0.840. The predicted octanol–water partition coefficient (Wildman–Crippen LogP) is 4.55. The molecule has 1 aliphatic heterocycles. The molecule has 1 saturated heterocycles. The Balaban J connectivity index is 1.67. The summed E-state index contributed by atoms with van der Waals surface area (Å²) >= 11 is 0. The number of nitrogens with one attached hydrogen (secondary N) is 1. The number of hydrogen-bond donors (Lipinski definition) is 1. The highest BCUT2D eigenvalue weighted by atomic mass is 14.9. The van der Waals surface area contributed by atoms with Crippen molar-refractivity contribution in [1.82, 2.24) is 5.32 Å². The Labute approximate surface area is 111 Å². The average molecular weight is 243 g/mol. The lowest BCUT2D eigenvalue weighted by Gasteiger charge is -2.25. The van der Waals surface area contributed by atoms with Gasteiger partial charge in [0.1, 0.15) is 0 Å². The third-order valence-electron chi connectivity index (χ3n) is 4.73. The van der Waals surface area contributed by atoms with E-state index in [0.717, 1.165) is 5.92 Å². The molecule has 18 heavy (non-hydrogen) atoms. The first-order chi connectivity index (χ1) is 8.93. The normalized spacial score (nSPS) is 26.1. The van der Waals surface area contributed by atoms with Crippen LogP contribution in [0.1, 0.15) is 74.5 Å². The van der Waals surface area contributed by atoms with Crippen molar-refractivity contribution in [2.24, 2.45) is 0 Å². The average Bonchev–Trinajstić information content (AvgIpc) is 2.49. The van der Waals surface area contributed by atoms with Gasteiger partial charge in [-0.15, -0.1) is 0 Å². The Bertz CT molecular complexity index is 319. The number of benzene rings is 1. The number of piperidine rings is 1. The minimum absolute atomic E-state index is 0.610. The first-order valence-corrected chi connectivity index (χ1v) is 7.77. The Morgan fingerprint density at radius 3 is 2.06 bits per heavy atom. The molecule has 1 unspecified atom stereocenters. The van der Waals surface area contributed by atoms with Crippen LogP contribution in [0.15, 0.2) is 24.3 Å². The van der Waals surface area contributed by atoms with Crippen molar-refractivity contribution in [3.8, 4) is 0 Å². The van der Waals surface area contributed by atoms with Crippen molar-refractivity contribution in [1.29, 1.82) is 0 Å². The molecule has 0 bridgehead atoms. The van der Waals surface area contributed by atoms with Gasteiger partial charge in [-0.25, -0.2) is 0 Å². The minimum atomic E-state index is 0.610. The van der Waals surface area contributed by atoms with Gasteiger partial charge in [0, 0.05) is 6.04 Å². The van der Waals surface area contributed by atoms with E-state index in [2.05, 4.69) is 29.6 Å². The van der Waals surface area contributed by atoms with E-state index in [0.29, 0.717) is 6.04 Å². The molecule has 98 valence electrons. The van der Waals surface area contributed by atoms with E-state index in [-0.39, 0.29) is 0 Å². The maximum Gasteiger partial charge on any atom is 0.0320 e. The molecule has 0 spiro atoms. The van der Waals surface area contributed by atoms with Crippen LogP contribution in [-0.4, -0.2) is 6.54 Å². The maximum atomic E-state index is 3.63. The molecule has 1 heterocycles. The van der Waals surface area contributed by atoms with Crippen LogP contribution < -0.4 is 5.32 Å². The first kappa shape index (κ1) is 12.2. The zero-order chi connectivity index (χ0) is 12.2. The van der Waals surface area contributed by atoms with E-state index >= 15 is 0 Å². The van der Waals surface area contributed by atoms with E-state index in [1.54, 1.807) is 5.56 Å². The van der Waals surface area contributed by atoms with Crippen LogP contribution in [0.2, 0.25) is 0 Å². The first-order valence-electron chi connectivity index (χ1n) is 7.77. The third-order valence-corrected chi connectivity index (χ3v) is 4.73. The summed E-state index contributed by atoms with van der Waals surface area (Å²) in [7, 11) is 0.